The summed E-state index contributed by atoms with van der Waals surface area (Å²) in [7, 11) is 0. The highest BCUT2D eigenvalue weighted by molar-refractivity contribution is 5.23. The van der Waals surface area contributed by atoms with E-state index in [1.807, 2.05) is 0 Å². The maximum atomic E-state index is 11.6. The molecule has 0 amide bonds. The average molecular weight is 268 g/mol. The topological polar surface area (TPSA) is 159 Å². The number of hydrogen-bond acceptors (Lipinski definition) is 7. The third kappa shape index (κ3) is 2.25. The van der Waals surface area contributed by atoms with Crippen molar-refractivity contribution in [2.75, 3.05) is 12.3 Å². The summed E-state index contributed by atoms with van der Waals surface area (Å²) in [4.78, 5) is 17.7. The molecule has 3 atom stereocenters. The summed E-state index contributed by atoms with van der Waals surface area (Å²) in [5, 5.41) is 22.3. The lowest BCUT2D eigenvalue weighted by molar-refractivity contribution is -0.124. The van der Waals surface area contributed by atoms with E-state index >= 15 is 0 Å². The second-order valence-corrected chi connectivity index (χ2v) is 4.06. The second-order valence-electron chi connectivity index (χ2n) is 4.06. The summed E-state index contributed by atoms with van der Waals surface area (Å²) in [6.45, 7) is -0.703. The molecule has 1 aliphatic heterocycles. The normalized spacial score (nSPS) is 30.0. The Morgan fingerprint density at radius 1 is 1.79 bits per heavy atom. The van der Waals surface area contributed by atoms with Crippen molar-refractivity contribution in [3.05, 3.63) is 33.2 Å². The van der Waals surface area contributed by atoms with Crippen LogP contribution in [0, 0.1) is 0 Å². The predicted octanol–water partition coefficient (Wildman–Crippen LogP) is -0.896. The first-order valence-electron chi connectivity index (χ1n) is 5.40. The van der Waals surface area contributed by atoms with E-state index in [0.29, 0.717) is 0 Å². The van der Waals surface area contributed by atoms with Gasteiger partial charge in [0.2, 0.25) is 0 Å². The number of aliphatic hydroxyl groups excluding tert-OH is 2. The van der Waals surface area contributed by atoms with Crippen LogP contribution < -0.4 is 11.4 Å². The molecule has 1 aromatic heterocycles. The Morgan fingerprint density at radius 3 is 3.11 bits per heavy atom. The number of anilines is 1. The summed E-state index contributed by atoms with van der Waals surface area (Å²) in [6, 6.07) is 1.39. The zero-order chi connectivity index (χ0) is 14.0. The Bertz CT molecular complexity index is 582. The molecule has 102 valence electrons. The van der Waals surface area contributed by atoms with Gasteiger partial charge < -0.3 is 20.7 Å². The summed E-state index contributed by atoms with van der Waals surface area (Å²) >= 11 is 0. The number of aliphatic hydroxyl groups is 2. The van der Waals surface area contributed by atoms with Crippen molar-refractivity contribution in [1.29, 1.82) is 0 Å². The molecule has 1 aliphatic rings. The first-order valence-corrected chi connectivity index (χ1v) is 5.40. The van der Waals surface area contributed by atoms with Gasteiger partial charge in [-0.15, -0.1) is 0 Å². The van der Waals surface area contributed by atoms with Crippen molar-refractivity contribution in [2.24, 2.45) is 5.11 Å². The lowest BCUT2D eigenvalue weighted by Crippen LogP contribution is -2.40. The van der Waals surface area contributed by atoms with Crippen LogP contribution in [0.15, 0.2) is 22.2 Å². The van der Waals surface area contributed by atoms with Crippen LogP contribution in [-0.2, 0) is 4.74 Å². The minimum absolute atomic E-state index is 0.0227. The smallest absolute Gasteiger partial charge is 0.351 e. The monoisotopic (exact) mass is 268 g/mol. The minimum Gasteiger partial charge on any atom is -0.393 e. The van der Waals surface area contributed by atoms with E-state index in [1.165, 1.54) is 12.3 Å². The molecule has 2 unspecified atom stereocenters. The van der Waals surface area contributed by atoms with E-state index in [4.69, 9.17) is 16.0 Å². The van der Waals surface area contributed by atoms with Crippen LogP contribution in [0.1, 0.15) is 12.6 Å². The van der Waals surface area contributed by atoms with Crippen molar-refractivity contribution >= 4 is 5.82 Å². The highest BCUT2D eigenvalue weighted by Gasteiger charge is 2.48. The molecule has 1 aromatic rings. The highest BCUT2D eigenvalue weighted by atomic mass is 16.6. The Morgan fingerprint density at radius 2 is 2.53 bits per heavy atom. The van der Waals surface area contributed by atoms with Crippen molar-refractivity contribution in [2.45, 2.75) is 24.5 Å². The molecule has 0 radical (unpaired) electrons. The molecule has 0 aromatic carbocycles. The zero-order valence-electron chi connectivity index (χ0n) is 9.75. The Kier molecular flexibility index (Phi) is 3.40. The van der Waals surface area contributed by atoms with Crippen LogP contribution in [0.25, 0.3) is 10.4 Å². The van der Waals surface area contributed by atoms with Crippen LogP contribution in [-0.4, -0.2) is 38.2 Å². The van der Waals surface area contributed by atoms with E-state index in [0.717, 1.165) is 4.57 Å². The van der Waals surface area contributed by atoms with Gasteiger partial charge in [-0.05, 0) is 11.6 Å². The van der Waals surface area contributed by atoms with Crippen LogP contribution in [0.4, 0.5) is 5.82 Å². The molecule has 10 nitrogen and oxygen atoms in total. The summed E-state index contributed by atoms with van der Waals surface area (Å²) in [5.41, 5.74) is 11.4. The number of nitrogens with zero attached hydrogens (tertiary/aromatic N) is 5. The van der Waals surface area contributed by atoms with Gasteiger partial charge in [-0.25, -0.2) is 4.79 Å². The highest BCUT2D eigenvalue weighted by Crippen LogP contribution is 2.37. The van der Waals surface area contributed by atoms with Gasteiger partial charge in [-0.1, -0.05) is 5.11 Å². The number of nitrogen functional groups attached to an aromatic ring is 1. The molecule has 4 N–H and O–H groups in total. The lowest BCUT2D eigenvalue weighted by Gasteiger charge is -2.24. The van der Waals surface area contributed by atoms with E-state index in [1.54, 1.807) is 0 Å². The number of ether oxygens (including phenoxy) is 1. The molecule has 10 heteroatoms. The fraction of sp³-hybridized carbons (Fsp3) is 0.556. The van der Waals surface area contributed by atoms with Crippen molar-refractivity contribution in [3.8, 4) is 0 Å². The Labute approximate surface area is 106 Å². The van der Waals surface area contributed by atoms with E-state index < -0.39 is 30.4 Å². The van der Waals surface area contributed by atoms with Gasteiger partial charge in [0.15, 0.2) is 5.72 Å². The lowest BCUT2D eigenvalue weighted by atomic mass is 10.1. The van der Waals surface area contributed by atoms with E-state index in [2.05, 4.69) is 15.0 Å². The summed E-state index contributed by atoms with van der Waals surface area (Å²) < 4.78 is 6.42. The fourth-order valence-electron chi connectivity index (χ4n) is 1.89. The Hall–Kier alpha value is -2.13. The van der Waals surface area contributed by atoms with E-state index in [-0.39, 0.29) is 12.2 Å². The zero-order valence-corrected chi connectivity index (χ0v) is 9.75. The maximum absolute atomic E-state index is 11.6. The molecule has 19 heavy (non-hydrogen) atoms. The molecule has 1 saturated heterocycles. The van der Waals surface area contributed by atoms with Crippen LogP contribution in [0.3, 0.4) is 0 Å². The third-order valence-corrected chi connectivity index (χ3v) is 2.89. The van der Waals surface area contributed by atoms with Crippen LogP contribution in [0.5, 0.6) is 0 Å². The van der Waals surface area contributed by atoms with Crippen LogP contribution in [0.2, 0.25) is 0 Å². The molecule has 2 heterocycles. The van der Waals surface area contributed by atoms with Crippen molar-refractivity contribution < 1.29 is 14.9 Å². The Balaban J connectivity index is 2.35. The predicted molar refractivity (Wildman–Crippen MR) is 62.6 cm³/mol. The third-order valence-electron chi connectivity index (χ3n) is 2.89. The number of azide groups is 1. The van der Waals surface area contributed by atoms with Crippen LogP contribution >= 0.6 is 0 Å². The maximum Gasteiger partial charge on any atom is 0.351 e. The largest absolute Gasteiger partial charge is 0.393 e. The number of rotatable bonds is 3. The number of nitrogens with two attached hydrogens (primary N) is 1. The van der Waals surface area contributed by atoms with Gasteiger partial charge in [0.1, 0.15) is 12.0 Å². The molecule has 2 rings (SSSR count). The van der Waals surface area contributed by atoms with Crippen molar-refractivity contribution in [1.82, 2.24) is 9.55 Å². The van der Waals surface area contributed by atoms with E-state index in [9.17, 15) is 15.0 Å². The minimum atomic E-state index is -1.79. The van der Waals surface area contributed by atoms with Gasteiger partial charge >= 0.3 is 5.69 Å². The molecule has 0 saturated carbocycles. The fourth-order valence-corrected chi connectivity index (χ4v) is 1.89. The SMILES string of the molecule is [N-]=[N+]=N[C@]1(CO)OC(n2ccc(N)nc2=O)CC1O. The van der Waals surface area contributed by atoms with Gasteiger partial charge in [0, 0.05) is 17.5 Å². The standard InChI is InChI=1S/C9H12N6O4/c10-6-1-2-15(8(18)12-6)7-3-5(17)9(4-16,19-7)13-14-11/h1-2,5,7,16-17H,3-4H2,(H2,10,12,18)/t5?,7?,9-/m1/s1. The first kappa shape index (κ1) is 13.3. The van der Waals surface area contributed by atoms with Gasteiger partial charge in [-0.2, -0.15) is 4.98 Å². The summed E-state index contributed by atoms with van der Waals surface area (Å²) in [6.07, 6.45) is -0.799. The average Bonchev–Trinajstić information content (AvgIpc) is 2.67. The number of hydrogen-bond donors (Lipinski definition) is 3. The van der Waals surface area contributed by atoms with Gasteiger partial charge in [-0.3, -0.25) is 4.57 Å². The summed E-state index contributed by atoms with van der Waals surface area (Å²) in [5.74, 6) is 0.0586. The quantitative estimate of drug-likeness (QED) is 0.366. The molecule has 1 fully saturated rings. The van der Waals surface area contributed by atoms with Crippen molar-refractivity contribution in [3.63, 3.8) is 0 Å². The van der Waals surface area contributed by atoms with Gasteiger partial charge in [0.05, 0.1) is 12.7 Å². The molecular formula is C9H12N6O4. The molecule has 0 spiro atoms. The molecule has 0 bridgehead atoms. The van der Waals surface area contributed by atoms with Gasteiger partial charge in [0.25, 0.3) is 0 Å². The first-order chi connectivity index (χ1) is 9.02. The second kappa shape index (κ2) is 4.86. The molecule has 0 aliphatic carbocycles. The number of aromatic nitrogens is 2. The molecular weight excluding hydrogens is 256 g/mol.